The maximum Gasteiger partial charge on any atom is 0.412 e. The fraction of sp³-hybridized carbons (Fsp3) is 0.275. The smallest absolute Gasteiger partial charge is 0.412 e. The first-order chi connectivity index (χ1) is 24.7. The Morgan fingerprint density at radius 1 is 0.902 bits per heavy atom. The number of aryl methyl sites for hydroxylation is 1. The van der Waals surface area contributed by atoms with Crippen molar-refractivity contribution in [2.45, 2.75) is 63.3 Å². The number of aromatic amines is 1. The second-order valence-electron chi connectivity index (χ2n) is 13.1. The van der Waals surface area contributed by atoms with Crippen LogP contribution in [0.3, 0.4) is 0 Å². The normalized spacial score (nSPS) is 16.4. The molecular formula is C40H43N5O6. The highest BCUT2D eigenvalue weighted by molar-refractivity contribution is 5.94. The molecule has 0 spiro atoms. The van der Waals surface area contributed by atoms with E-state index in [0.29, 0.717) is 48.1 Å². The fourth-order valence-electron chi connectivity index (χ4n) is 6.81. The molecule has 0 saturated heterocycles. The second kappa shape index (κ2) is 16.0. The molecule has 1 atom stereocenters. The van der Waals surface area contributed by atoms with Gasteiger partial charge in [0.05, 0.1) is 17.3 Å². The molecule has 5 aromatic rings. The number of hydrogen-bond acceptors (Lipinski definition) is 7. The summed E-state index contributed by atoms with van der Waals surface area (Å²) in [6.07, 6.45) is 1.74. The number of amides is 2. The van der Waals surface area contributed by atoms with Crippen molar-refractivity contribution in [3.8, 4) is 16.9 Å². The van der Waals surface area contributed by atoms with Crippen LogP contribution in [-0.2, 0) is 17.8 Å². The zero-order valence-corrected chi connectivity index (χ0v) is 28.2. The number of aliphatic hydroxyl groups excluding tert-OH is 1. The van der Waals surface area contributed by atoms with Gasteiger partial charge in [-0.1, -0.05) is 60.7 Å². The van der Waals surface area contributed by atoms with Crippen LogP contribution < -0.4 is 26.8 Å². The molecule has 4 aromatic carbocycles. The molecule has 51 heavy (non-hydrogen) atoms. The van der Waals surface area contributed by atoms with E-state index >= 15 is 0 Å². The van der Waals surface area contributed by atoms with Gasteiger partial charge in [0, 0.05) is 54.3 Å². The van der Waals surface area contributed by atoms with E-state index in [1.54, 1.807) is 12.1 Å². The predicted molar refractivity (Wildman–Crippen MR) is 199 cm³/mol. The lowest BCUT2D eigenvalue weighted by Crippen LogP contribution is -2.44. The minimum Gasteiger partial charge on any atom is -0.506 e. The molecule has 8 N–H and O–H groups in total. The van der Waals surface area contributed by atoms with Gasteiger partial charge in [-0.05, 0) is 84.7 Å². The maximum absolute atomic E-state index is 13.0. The lowest BCUT2D eigenvalue weighted by Gasteiger charge is -2.35. The first-order valence-electron chi connectivity index (χ1n) is 17.2. The molecule has 0 bridgehead atoms. The molecule has 2 amide bonds. The number of nitrogens with one attached hydrogen (secondary N) is 3. The average molecular weight is 690 g/mol. The molecule has 0 aliphatic heterocycles. The van der Waals surface area contributed by atoms with E-state index < -0.39 is 12.2 Å². The number of phenols is 1. The third kappa shape index (κ3) is 8.64. The fourth-order valence-corrected chi connectivity index (χ4v) is 6.81. The van der Waals surface area contributed by atoms with Crippen LogP contribution in [0.15, 0.2) is 102 Å². The summed E-state index contributed by atoms with van der Waals surface area (Å²) >= 11 is 0. The molecule has 0 unspecified atom stereocenters. The standard InChI is InChI=1S/C40H43N5O6/c41-28-10-14-30(15-11-28)45(40(50)51)34-22-25(8-16-31(34)27-4-2-1-3-5-27)9-20-37(48)43-29-12-6-26(7-13-29)23-42-24-36(47)32-17-19-35(46)39-33(32)18-21-38(49)44-39/h1-8,12-13,16-19,21-22,28,30,36,42,46-47H,9-11,14-15,20,23-24,41H2,(H,43,48)(H,44,49)(H,50,51)/t28?,30?,36-/m1/s1. The van der Waals surface area contributed by atoms with Crippen LogP contribution in [0.1, 0.15) is 54.9 Å². The van der Waals surface area contributed by atoms with Gasteiger partial charge < -0.3 is 36.7 Å². The number of aromatic hydroxyl groups is 1. The molecule has 1 aliphatic rings. The van der Waals surface area contributed by atoms with Crippen LogP contribution in [0, 0.1) is 0 Å². The third-order valence-corrected chi connectivity index (χ3v) is 9.53. The van der Waals surface area contributed by atoms with Gasteiger partial charge in [0.2, 0.25) is 11.5 Å². The number of fused-ring (bicyclic) bond motifs is 1. The lowest BCUT2D eigenvalue weighted by atomic mass is 9.89. The number of rotatable bonds is 12. The highest BCUT2D eigenvalue weighted by atomic mass is 16.4. The molecule has 1 aromatic heterocycles. The van der Waals surface area contributed by atoms with Gasteiger partial charge in [-0.25, -0.2) is 4.79 Å². The summed E-state index contributed by atoms with van der Waals surface area (Å²) in [6.45, 7) is 0.713. The molecule has 0 radical (unpaired) electrons. The zero-order valence-electron chi connectivity index (χ0n) is 28.2. The number of hydrogen-bond donors (Lipinski definition) is 7. The number of aliphatic hydroxyl groups is 1. The highest BCUT2D eigenvalue weighted by Gasteiger charge is 2.30. The highest BCUT2D eigenvalue weighted by Crippen LogP contribution is 2.36. The first-order valence-corrected chi connectivity index (χ1v) is 17.2. The van der Waals surface area contributed by atoms with Gasteiger partial charge >= 0.3 is 6.09 Å². The van der Waals surface area contributed by atoms with Crippen molar-refractivity contribution in [1.29, 1.82) is 0 Å². The number of anilines is 2. The van der Waals surface area contributed by atoms with E-state index in [9.17, 15) is 29.7 Å². The Morgan fingerprint density at radius 3 is 2.35 bits per heavy atom. The second-order valence-corrected chi connectivity index (χ2v) is 13.1. The predicted octanol–water partition coefficient (Wildman–Crippen LogP) is 6.05. The van der Waals surface area contributed by atoms with E-state index in [2.05, 4.69) is 15.6 Å². The number of pyridine rings is 1. The van der Waals surface area contributed by atoms with Crippen LogP contribution in [0.2, 0.25) is 0 Å². The van der Waals surface area contributed by atoms with Crippen molar-refractivity contribution in [2.24, 2.45) is 5.73 Å². The van der Waals surface area contributed by atoms with Gasteiger partial charge in [0.25, 0.3) is 0 Å². The Kier molecular flexibility index (Phi) is 11.1. The van der Waals surface area contributed by atoms with Gasteiger partial charge in [0.15, 0.2) is 0 Å². The van der Waals surface area contributed by atoms with Crippen molar-refractivity contribution >= 4 is 34.3 Å². The van der Waals surface area contributed by atoms with Gasteiger partial charge in [-0.15, -0.1) is 0 Å². The maximum atomic E-state index is 13.0. The van der Waals surface area contributed by atoms with Crippen LogP contribution in [0.25, 0.3) is 22.0 Å². The Bertz CT molecular complexity index is 2040. The Labute approximate surface area is 295 Å². The molecule has 1 fully saturated rings. The summed E-state index contributed by atoms with van der Waals surface area (Å²) in [7, 11) is 0. The van der Waals surface area contributed by atoms with Crippen molar-refractivity contribution < 1.29 is 24.9 Å². The number of carbonyl (C=O) groups is 2. The number of benzene rings is 4. The summed E-state index contributed by atoms with van der Waals surface area (Å²) in [6, 6.07) is 28.9. The van der Waals surface area contributed by atoms with E-state index in [0.717, 1.165) is 35.1 Å². The zero-order chi connectivity index (χ0) is 35.9. The Morgan fingerprint density at radius 2 is 1.63 bits per heavy atom. The van der Waals surface area contributed by atoms with Crippen molar-refractivity contribution in [3.05, 3.63) is 124 Å². The number of aromatic nitrogens is 1. The minimum absolute atomic E-state index is 0.0614. The molecule has 6 rings (SSSR count). The molecular weight excluding hydrogens is 646 g/mol. The monoisotopic (exact) mass is 689 g/mol. The molecule has 1 aliphatic carbocycles. The minimum atomic E-state index is -0.998. The van der Waals surface area contributed by atoms with E-state index in [1.807, 2.05) is 72.8 Å². The van der Waals surface area contributed by atoms with E-state index in [4.69, 9.17) is 5.73 Å². The van der Waals surface area contributed by atoms with Crippen LogP contribution in [0.5, 0.6) is 5.75 Å². The van der Waals surface area contributed by atoms with Crippen LogP contribution in [0.4, 0.5) is 16.2 Å². The van der Waals surface area contributed by atoms with E-state index in [1.165, 1.54) is 17.0 Å². The summed E-state index contributed by atoms with van der Waals surface area (Å²) < 4.78 is 0. The first kappa shape index (κ1) is 35.3. The summed E-state index contributed by atoms with van der Waals surface area (Å²) in [5.74, 6) is -0.217. The summed E-state index contributed by atoms with van der Waals surface area (Å²) in [5.41, 5.74) is 11.5. The Balaban J connectivity index is 1.05. The lowest BCUT2D eigenvalue weighted by molar-refractivity contribution is -0.116. The van der Waals surface area contributed by atoms with Crippen LogP contribution >= 0.6 is 0 Å². The summed E-state index contributed by atoms with van der Waals surface area (Å²) in [5, 5.41) is 38.0. The average Bonchev–Trinajstić information content (AvgIpc) is 3.13. The van der Waals surface area contributed by atoms with Crippen LogP contribution in [-0.4, -0.2) is 50.9 Å². The number of nitrogens with two attached hydrogens (primary N) is 1. The molecule has 1 saturated carbocycles. The largest absolute Gasteiger partial charge is 0.506 e. The van der Waals surface area contributed by atoms with Gasteiger partial charge in [0.1, 0.15) is 5.75 Å². The number of carbonyl (C=O) groups excluding carboxylic acids is 1. The number of H-pyrrole nitrogens is 1. The molecule has 264 valence electrons. The Hall–Kier alpha value is -5.49. The number of phenolic OH excluding ortho intramolecular Hbond substituents is 1. The van der Waals surface area contributed by atoms with Gasteiger partial charge in [-0.3, -0.25) is 14.5 Å². The molecule has 1 heterocycles. The molecule has 11 nitrogen and oxygen atoms in total. The van der Waals surface area contributed by atoms with E-state index in [-0.39, 0.29) is 47.8 Å². The quantitative estimate of drug-likeness (QED) is 0.0827. The summed E-state index contributed by atoms with van der Waals surface area (Å²) in [4.78, 5) is 41.4. The van der Waals surface area contributed by atoms with Crippen molar-refractivity contribution in [3.63, 3.8) is 0 Å². The van der Waals surface area contributed by atoms with Crippen molar-refractivity contribution in [1.82, 2.24) is 10.3 Å². The number of carboxylic acid groups (broad SMARTS) is 1. The van der Waals surface area contributed by atoms with Gasteiger partial charge in [-0.2, -0.15) is 0 Å². The number of nitrogens with zero attached hydrogens (tertiary/aromatic N) is 1. The van der Waals surface area contributed by atoms with Crippen molar-refractivity contribution in [2.75, 3.05) is 16.8 Å². The molecule has 11 heteroatoms. The third-order valence-electron chi connectivity index (χ3n) is 9.53. The topological polar surface area (TPSA) is 181 Å². The SMILES string of the molecule is NC1CCC(N(C(=O)O)c2cc(CCC(=O)Nc3ccc(CNC[C@@H](O)c4ccc(O)c5[nH]c(=O)ccc45)cc3)ccc2-c2ccccc2)CC1.